The fourth-order valence-corrected chi connectivity index (χ4v) is 4.96. The summed E-state index contributed by atoms with van der Waals surface area (Å²) in [5, 5.41) is 8.62. The first-order chi connectivity index (χ1) is 10.6. The maximum atomic E-state index is 12.7. The molecule has 1 N–H and O–H groups in total. The number of imide groups is 1. The number of hydrogen-bond donors (Lipinski definition) is 1. The van der Waals surface area contributed by atoms with Crippen LogP contribution in [0.2, 0.25) is 0 Å². The van der Waals surface area contributed by atoms with Crippen molar-refractivity contribution in [1.82, 2.24) is 4.90 Å². The van der Waals surface area contributed by atoms with Gasteiger partial charge >= 0.3 is 5.97 Å². The predicted molar refractivity (Wildman–Crippen MR) is 77.5 cm³/mol. The Kier molecular flexibility index (Phi) is 3.13. The Balaban J connectivity index is 1.39. The molecule has 5 heteroatoms. The summed E-state index contributed by atoms with van der Waals surface area (Å²) in [6.07, 6.45) is 7.77. The molecule has 2 saturated carbocycles. The lowest BCUT2D eigenvalue weighted by Gasteiger charge is -2.37. The van der Waals surface area contributed by atoms with Gasteiger partial charge < -0.3 is 5.11 Å². The molecule has 0 spiro atoms. The van der Waals surface area contributed by atoms with Crippen molar-refractivity contribution in [3.05, 3.63) is 12.2 Å². The molecule has 1 aliphatic heterocycles. The molecular weight excluding hydrogens is 282 g/mol. The molecular formula is C17H21NO4. The first-order valence-corrected chi connectivity index (χ1v) is 8.35. The van der Waals surface area contributed by atoms with Crippen LogP contribution in [0.1, 0.15) is 32.1 Å². The van der Waals surface area contributed by atoms with Crippen molar-refractivity contribution in [2.45, 2.75) is 32.1 Å². The number of rotatable bonds is 6. The average molecular weight is 303 g/mol. The number of allylic oxidation sites excluding steroid dienone is 2. The smallest absolute Gasteiger partial charge is 0.303 e. The summed E-state index contributed by atoms with van der Waals surface area (Å²) in [6.45, 7) is 0.457. The second kappa shape index (κ2) is 4.93. The van der Waals surface area contributed by atoms with Gasteiger partial charge in [0.2, 0.25) is 11.8 Å². The zero-order valence-electron chi connectivity index (χ0n) is 12.5. The lowest BCUT2D eigenvalue weighted by molar-refractivity contribution is -0.141. The van der Waals surface area contributed by atoms with Gasteiger partial charge in [-0.3, -0.25) is 19.3 Å². The molecule has 0 aromatic rings. The van der Waals surface area contributed by atoms with E-state index in [1.807, 2.05) is 0 Å². The number of carboxylic acids is 1. The van der Waals surface area contributed by atoms with Crippen molar-refractivity contribution >= 4 is 17.8 Å². The summed E-state index contributed by atoms with van der Waals surface area (Å²) in [5.74, 6) is 0.904. The summed E-state index contributed by atoms with van der Waals surface area (Å²) in [4.78, 5) is 37.3. The molecule has 2 amide bonds. The highest BCUT2D eigenvalue weighted by Gasteiger charge is 2.66. The van der Waals surface area contributed by atoms with Gasteiger partial charge in [-0.1, -0.05) is 18.6 Å². The fourth-order valence-electron chi connectivity index (χ4n) is 4.96. The van der Waals surface area contributed by atoms with E-state index in [4.69, 9.17) is 5.11 Å². The van der Waals surface area contributed by atoms with Gasteiger partial charge in [-0.2, -0.15) is 0 Å². The largest absolute Gasteiger partial charge is 0.481 e. The number of likely N-dealkylation sites (tertiary alicyclic amines) is 1. The maximum Gasteiger partial charge on any atom is 0.303 e. The molecule has 0 unspecified atom stereocenters. The van der Waals surface area contributed by atoms with E-state index in [-0.39, 0.29) is 41.9 Å². The molecule has 5 aliphatic rings. The third-order valence-electron chi connectivity index (χ3n) is 6.03. The van der Waals surface area contributed by atoms with E-state index in [0.29, 0.717) is 31.2 Å². The molecule has 1 saturated heterocycles. The minimum absolute atomic E-state index is 0.0259. The van der Waals surface area contributed by atoms with Gasteiger partial charge in [0.1, 0.15) is 0 Å². The van der Waals surface area contributed by atoms with E-state index in [0.717, 1.165) is 6.42 Å². The van der Waals surface area contributed by atoms with E-state index < -0.39 is 5.97 Å². The molecule has 6 atom stereocenters. The Labute approximate surface area is 129 Å². The van der Waals surface area contributed by atoms with Crippen LogP contribution in [-0.2, 0) is 14.4 Å². The summed E-state index contributed by atoms with van der Waals surface area (Å²) in [5.41, 5.74) is 0. The van der Waals surface area contributed by atoms with Gasteiger partial charge in [-0.15, -0.1) is 0 Å². The Morgan fingerprint density at radius 1 is 1.05 bits per heavy atom. The van der Waals surface area contributed by atoms with Gasteiger partial charge in [0.25, 0.3) is 0 Å². The minimum Gasteiger partial charge on any atom is -0.481 e. The molecule has 4 aliphatic carbocycles. The SMILES string of the molecule is O=C(O)CCCCCN1C(=O)[C@@H]2[C@@H]3C=C[C@@H]([C@H]4C[C@H]34)[C@@H]2C1=O. The van der Waals surface area contributed by atoms with Crippen LogP contribution in [0, 0.1) is 35.5 Å². The third-order valence-corrected chi connectivity index (χ3v) is 6.03. The van der Waals surface area contributed by atoms with Crippen molar-refractivity contribution in [2.24, 2.45) is 35.5 Å². The van der Waals surface area contributed by atoms with Crippen LogP contribution in [-0.4, -0.2) is 34.3 Å². The number of carboxylic acid groups (broad SMARTS) is 1. The van der Waals surface area contributed by atoms with Crippen LogP contribution in [0.4, 0.5) is 0 Å². The molecule has 22 heavy (non-hydrogen) atoms. The second-order valence-corrected chi connectivity index (χ2v) is 7.19. The van der Waals surface area contributed by atoms with Crippen LogP contribution in [0.3, 0.4) is 0 Å². The summed E-state index contributed by atoms with van der Waals surface area (Å²) in [6, 6.07) is 0. The standard InChI is InChI=1S/C17H21NO4/c19-13(20)4-2-1-3-7-18-16(21)14-9-5-6-10(12-8-11(9)12)15(14)17(18)22/h5-6,9-12,14-15H,1-4,7-8H2,(H,19,20)/t9-,10+,11-,12-,14-,15+/m1/s1. The molecule has 5 rings (SSSR count). The minimum atomic E-state index is -0.791. The van der Waals surface area contributed by atoms with E-state index in [9.17, 15) is 14.4 Å². The quantitative estimate of drug-likeness (QED) is 0.460. The molecule has 3 fully saturated rings. The summed E-state index contributed by atoms with van der Waals surface area (Å²) >= 11 is 0. The molecule has 0 aromatic carbocycles. The van der Waals surface area contributed by atoms with Crippen molar-refractivity contribution in [2.75, 3.05) is 6.54 Å². The van der Waals surface area contributed by atoms with Crippen LogP contribution < -0.4 is 0 Å². The van der Waals surface area contributed by atoms with Crippen molar-refractivity contribution in [3.63, 3.8) is 0 Å². The molecule has 1 heterocycles. The Morgan fingerprint density at radius 3 is 2.18 bits per heavy atom. The Bertz CT molecular complexity index is 533. The fraction of sp³-hybridized carbons (Fsp3) is 0.706. The highest BCUT2D eigenvalue weighted by Crippen LogP contribution is 2.65. The van der Waals surface area contributed by atoms with Crippen LogP contribution in [0.15, 0.2) is 12.2 Å². The van der Waals surface area contributed by atoms with Crippen LogP contribution in [0.25, 0.3) is 0 Å². The Hall–Kier alpha value is -1.65. The van der Waals surface area contributed by atoms with Gasteiger partial charge in [0.05, 0.1) is 11.8 Å². The normalized spacial score (nSPS) is 40.8. The van der Waals surface area contributed by atoms with Crippen molar-refractivity contribution in [1.29, 1.82) is 0 Å². The van der Waals surface area contributed by atoms with E-state index in [1.165, 1.54) is 11.3 Å². The molecule has 118 valence electrons. The van der Waals surface area contributed by atoms with Gasteiger partial charge in [0, 0.05) is 13.0 Å². The first kappa shape index (κ1) is 14.0. The summed E-state index contributed by atoms with van der Waals surface area (Å²) < 4.78 is 0. The topological polar surface area (TPSA) is 74.7 Å². The van der Waals surface area contributed by atoms with Crippen molar-refractivity contribution < 1.29 is 19.5 Å². The van der Waals surface area contributed by atoms with Crippen molar-refractivity contribution in [3.8, 4) is 0 Å². The average Bonchev–Trinajstić information content (AvgIpc) is 3.26. The predicted octanol–water partition coefficient (Wildman–Crippen LogP) is 1.68. The highest BCUT2D eigenvalue weighted by molar-refractivity contribution is 6.06. The molecule has 0 aromatic heterocycles. The number of aliphatic carboxylic acids is 1. The van der Waals surface area contributed by atoms with Gasteiger partial charge in [-0.05, 0) is 42.9 Å². The van der Waals surface area contributed by atoms with E-state index in [1.54, 1.807) is 0 Å². The lowest BCUT2D eigenvalue weighted by atomic mass is 9.63. The number of carbonyl (C=O) groups excluding carboxylic acids is 2. The number of unbranched alkanes of at least 4 members (excludes halogenated alkanes) is 2. The van der Waals surface area contributed by atoms with E-state index >= 15 is 0 Å². The van der Waals surface area contributed by atoms with Gasteiger partial charge in [0.15, 0.2) is 0 Å². The highest BCUT2D eigenvalue weighted by atomic mass is 16.4. The number of nitrogens with zero attached hydrogens (tertiary/aromatic N) is 1. The second-order valence-electron chi connectivity index (χ2n) is 7.19. The van der Waals surface area contributed by atoms with Crippen LogP contribution >= 0.6 is 0 Å². The third kappa shape index (κ3) is 1.94. The summed E-state index contributed by atoms with van der Waals surface area (Å²) in [7, 11) is 0. The van der Waals surface area contributed by atoms with Gasteiger partial charge in [-0.25, -0.2) is 0 Å². The van der Waals surface area contributed by atoms with Crippen LogP contribution in [0.5, 0.6) is 0 Å². The monoisotopic (exact) mass is 303 g/mol. The number of amides is 2. The first-order valence-electron chi connectivity index (χ1n) is 8.35. The van der Waals surface area contributed by atoms with E-state index in [2.05, 4.69) is 12.2 Å². The molecule has 0 radical (unpaired) electrons. The number of hydrogen-bond acceptors (Lipinski definition) is 3. The maximum absolute atomic E-state index is 12.7. The molecule has 5 nitrogen and oxygen atoms in total. The number of carbonyl (C=O) groups is 3. The lowest BCUT2D eigenvalue weighted by Crippen LogP contribution is -2.40. The molecule has 2 bridgehead atoms. The Morgan fingerprint density at radius 2 is 1.64 bits per heavy atom. The zero-order valence-corrected chi connectivity index (χ0v) is 12.5. The zero-order chi connectivity index (χ0) is 15.4.